The maximum absolute atomic E-state index is 12.9. The number of aromatic nitrogens is 3. The fourth-order valence-corrected chi connectivity index (χ4v) is 7.66. The zero-order chi connectivity index (χ0) is 28.8. The minimum Gasteiger partial charge on any atom is -0.469 e. The van der Waals surface area contributed by atoms with Gasteiger partial charge in [-0.3, -0.25) is 10.1 Å². The number of nitrogens with zero attached hydrogens (tertiary/aromatic N) is 4. The summed E-state index contributed by atoms with van der Waals surface area (Å²) in [7, 11) is -2.14. The molecule has 2 aliphatic rings. The number of hydrogen-bond acceptors (Lipinski definition) is 11. The van der Waals surface area contributed by atoms with Gasteiger partial charge < -0.3 is 14.4 Å². The van der Waals surface area contributed by atoms with Crippen molar-refractivity contribution in [2.45, 2.75) is 63.3 Å². The molecule has 2 aromatic heterocycles. The van der Waals surface area contributed by atoms with Gasteiger partial charge in [-0.25, -0.2) is 23.4 Å². The SMILES string of the molecule is CCCc1cnc(N2CCC(Oc3nc4ccc(C5=CC(S(=O)(=O)CCCC(=O)OC)NCC5)cc4s3)CC2)nc1. The Hall–Kier alpha value is -3.09. The Labute approximate surface area is 245 Å². The standard InChI is InChI=1S/C29H37N5O5S2/c1-3-5-20-18-31-28(32-19-20)34-13-10-23(11-14-34)39-29-33-24-8-7-21(16-25(24)40-29)22-9-12-30-26(17-22)41(36,37)15-4-6-27(35)38-2/h7-8,16-19,23,26,30H,3-6,9-15H2,1-2H3. The number of aryl methyl sites for hydroxylation is 1. The molecule has 5 rings (SSSR count). The molecular weight excluding hydrogens is 562 g/mol. The number of rotatable bonds is 11. The lowest BCUT2D eigenvalue weighted by molar-refractivity contribution is -0.140. The number of nitrogens with one attached hydrogen (secondary N) is 1. The van der Waals surface area contributed by atoms with Crippen LogP contribution in [0.15, 0.2) is 36.7 Å². The first-order valence-electron chi connectivity index (χ1n) is 14.2. The Morgan fingerprint density at radius 2 is 1.98 bits per heavy atom. The van der Waals surface area contributed by atoms with Crippen molar-refractivity contribution in [2.24, 2.45) is 0 Å². The molecule has 220 valence electrons. The first kappa shape index (κ1) is 29.4. The van der Waals surface area contributed by atoms with Crippen molar-refractivity contribution in [3.8, 4) is 5.19 Å². The number of carbonyl (C=O) groups excluding carboxylic acids is 1. The van der Waals surface area contributed by atoms with Crippen LogP contribution in [-0.2, 0) is 25.8 Å². The summed E-state index contributed by atoms with van der Waals surface area (Å²) >= 11 is 1.52. The normalized spacial score (nSPS) is 18.3. The third-order valence-corrected chi connectivity index (χ3v) is 10.3. The molecule has 1 aromatic carbocycles. The Bertz CT molecular complexity index is 1480. The highest BCUT2D eigenvalue weighted by Crippen LogP contribution is 2.33. The van der Waals surface area contributed by atoms with E-state index in [1.807, 2.05) is 24.5 Å². The van der Waals surface area contributed by atoms with Crippen LogP contribution in [0, 0.1) is 0 Å². The quantitative estimate of drug-likeness (QED) is 0.321. The highest BCUT2D eigenvalue weighted by molar-refractivity contribution is 7.92. The summed E-state index contributed by atoms with van der Waals surface area (Å²) in [4.78, 5) is 27.4. The Kier molecular flexibility index (Phi) is 9.51. The Balaban J connectivity index is 1.19. The predicted molar refractivity (Wildman–Crippen MR) is 161 cm³/mol. The maximum atomic E-state index is 12.9. The summed E-state index contributed by atoms with van der Waals surface area (Å²) in [6.45, 7) is 4.39. The van der Waals surface area contributed by atoms with Gasteiger partial charge in [-0.05, 0) is 54.2 Å². The van der Waals surface area contributed by atoms with Gasteiger partial charge in [0.1, 0.15) is 11.5 Å². The summed E-state index contributed by atoms with van der Waals surface area (Å²) < 4.78 is 37.7. The molecule has 1 fully saturated rings. The number of carbonyl (C=O) groups is 1. The number of sulfone groups is 1. The van der Waals surface area contributed by atoms with Crippen molar-refractivity contribution in [2.75, 3.05) is 37.4 Å². The van der Waals surface area contributed by atoms with Gasteiger partial charge in [0.2, 0.25) is 5.95 Å². The lowest BCUT2D eigenvalue weighted by Crippen LogP contribution is -2.39. The third kappa shape index (κ3) is 7.41. The lowest BCUT2D eigenvalue weighted by Gasteiger charge is -2.31. The predicted octanol–water partition coefficient (Wildman–Crippen LogP) is 4.16. The maximum Gasteiger partial charge on any atom is 0.305 e. The van der Waals surface area contributed by atoms with E-state index in [0.29, 0.717) is 11.7 Å². The van der Waals surface area contributed by atoms with E-state index < -0.39 is 21.2 Å². The summed E-state index contributed by atoms with van der Waals surface area (Å²) in [5.41, 5.74) is 4.01. The number of piperidine rings is 1. The molecule has 0 amide bonds. The highest BCUT2D eigenvalue weighted by Gasteiger charge is 2.27. The van der Waals surface area contributed by atoms with Crippen LogP contribution >= 0.6 is 11.3 Å². The summed E-state index contributed by atoms with van der Waals surface area (Å²) in [6.07, 6.45) is 10.6. The van der Waals surface area contributed by atoms with Gasteiger partial charge in [-0.15, -0.1) is 0 Å². The zero-order valence-corrected chi connectivity index (χ0v) is 25.2. The average molecular weight is 600 g/mol. The minimum absolute atomic E-state index is 0.0741. The van der Waals surface area contributed by atoms with E-state index in [2.05, 4.69) is 37.9 Å². The Morgan fingerprint density at radius 1 is 1.20 bits per heavy atom. The molecule has 1 atom stereocenters. The molecule has 2 aliphatic heterocycles. The molecule has 4 heterocycles. The van der Waals surface area contributed by atoms with E-state index in [4.69, 9.17) is 9.72 Å². The number of hydrogen-bond donors (Lipinski definition) is 1. The first-order valence-corrected chi connectivity index (χ1v) is 16.7. The van der Waals surface area contributed by atoms with E-state index in [1.165, 1.54) is 24.0 Å². The van der Waals surface area contributed by atoms with Crippen molar-refractivity contribution >= 4 is 48.9 Å². The van der Waals surface area contributed by atoms with Crippen molar-refractivity contribution in [3.05, 3.63) is 47.8 Å². The minimum atomic E-state index is -3.45. The second-order valence-electron chi connectivity index (χ2n) is 10.5. The lowest BCUT2D eigenvalue weighted by atomic mass is 10.0. The molecule has 0 spiro atoms. The molecular formula is C29H37N5O5S2. The number of ether oxygens (including phenoxy) is 2. The van der Waals surface area contributed by atoms with Crippen LogP contribution in [0.2, 0.25) is 0 Å². The summed E-state index contributed by atoms with van der Waals surface area (Å²) in [5, 5.41) is 2.98. The van der Waals surface area contributed by atoms with Crippen molar-refractivity contribution in [1.29, 1.82) is 0 Å². The smallest absolute Gasteiger partial charge is 0.305 e. The number of thiazole rings is 1. The van der Waals surface area contributed by atoms with Crippen LogP contribution in [0.25, 0.3) is 15.8 Å². The molecule has 0 saturated carbocycles. The molecule has 1 saturated heterocycles. The number of methoxy groups -OCH3 is 1. The van der Waals surface area contributed by atoms with Gasteiger partial charge in [0.25, 0.3) is 5.19 Å². The van der Waals surface area contributed by atoms with E-state index >= 15 is 0 Å². The molecule has 1 unspecified atom stereocenters. The first-order chi connectivity index (χ1) is 19.8. The van der Waals surface area contributed by atoms with E-state index in [-0.39, 0.29) is 24.7 Å². The monoisotopic (exact) mass is 599 g/mol. The second-order valence-corrected chi connectivity index (χ2v) is 13.7. The van der Waals surface area contributed by atoms with Crippen molar-refractivity contribution in [3.63, 3.8) is 0 Å². The highest BCUT2D eigenvalue weighted by atomic mass is 32.2. The number of benzene rings is 1. The van der Waals surface area contributed by atoms with Crippen molar-refractivity contribution < 1.29 is 22.7 Å². The van der Waals surface area contributed by atoms with Gasteiger partial charge in [-0.2, -0.15) is 0 Å². The second kappa shape index (κ2) is 13.3. The van der Waals surface area contributed by atoms with E-state index in [1.54, 1.807) is 6.08 Å². The van der Waals surface area contributed by atoms with Gasteiger partial charge in [0.05, 0.1) is 23.1 Å². The van der Waals surface area contributed by atoms with Crippen LogP contribution in [0.1, 0.15) is 56.6 Å². The van der Waals surface area contributed by atoms with Crippen LogP contribution < -0.4 is 15.0 Å². The summed E-state index contributed by atoms with van der Waals surface area (Å²) in [6, 6.07) is 6.03. The molecule has 1 N–H and O–H groups in total. The van der Waals surface area contributed by atoms with Gasteiger partial charge >= 0.3 is 5.97 Å². The topological polar surface area (TPSA) is 124 Å². The Morgan fingerprint density at radius 3 is 2.71 bits per heavy atom. The molecule has 0 bridgehead atoms. The van der Waals surface area contributed by atoms with Crippen LogP contribution in [0.3, 0.4) is 0 Å². The van der Waals surface area contributed by atoms with Gasteiger partial charge in [0.15, 0.2) is 9.84 Å². The summed E-state index contributed by atoms with van der Waals surface area (Å²) in [5.74, 6) is 0.302. The van der Waals surface area contributed by atoms with E-state index in [0.717, 1.165) is 72.5 Å². The van der Waals surface area contributed by atoms with Crippen molar-refractivity contribution in [1.82, 2.24) is 20.3 Å². The van der Waals surface area contributed by atoms with E-state index in [9.17, 15) is 13.2 Å². The number of anilines is 1. The number of fused-ring (bicyclic) bond motifs is 1. The fraction of sp³-hybridized carbons (Fsp3) is 0.517. The molecule has 3 aromatic rings. The molecule has 0 aliphatic carbocycles. The van der Waals surface area contributed by atoms with Crippen LogP contribution in [-0.4, -0.2) is 73.3 Å². The van der Waals surface area contributed by atoms with Gasteiger partial charge in [-0.1, -0.05) is 30.7 Å². The molecule has 12 heteroatoms. The molecule has 41 heavy (non-hydrogen) atoms. The molecule has 0 radical (unpaired) electrons. The van der Waals surface area contributed by atoms with Gasteiger partial charge in [0, 0.05) is 51.3 Å². The van der Waals surface area contributed by atoms with Crippen LogP contribution in [0.5, 0.6) is 5.19 Å². The molecule has 10 nitrogen and oxygen atoms in total. The largest absolute Gasteiger partial charge is 0.469 e. The average Bonchev–Trinajstić information content (AvgIpc) is 3.39. The third-order valence-electron chi connectivity index (χ3n) is 7.48. The number of esters is 1. The van der Waals surface area contributed by atoms with Crippen LogP contribution in [0.4, 0.5) is 5.95 Å². The zero-order valence-electron chi connectivity index (χ0n) is 23.5. The fourth-order valence-electron chi connectivity index (χ4n) is 5.19.